The van der Waals surface area contributed by atoms with Crippen LogP contribution in [0.5, 0.6) is 0 Å². The molecule has 2 atom stereocenters. The molecule has 0 amide bonds. The molecule has 0 bridgehead atoms. The van der Waals surface area contributed by atoms with E-state index in [0.29, 0.717) is 0 Å². The van der Waals surface area contributed by atoms with Crippen LogP contribution in [0.1, 0.15) is 29.4 Å². The van der Waals surface area contributed by atoms with E-state index >= 15 is 0 Å². The summed E-state index contributed by atoms with van der Waals surface area (Å²) >= 11 is 3.42. The quantitative estimate of drug-likeness (QED) is 0.834. The molecule has 0 spiro atoms. The van der Waals surface area contributed by atoms with Crippen LogP contribution in [0.2, 0.25) is 0 Å². The lowest BCUT2D eigenvalue weighted by Gasteiger charge is -2.33. The van der Waals surface area contributed by atoms with Crippen LogP contribution in [0.25, 0.3) is 0 Å². The first kappa shape index (κ1) is 14.7. The highest BCUT2D eigenvalue weighted by Crippen LogP contribution is 2.39. The lowest BCUT2D eigenvalue weighted by Crippen LogP contribution is -2.34. The van der Waals surface area contributed by atoms with Crippen LogP contribution in [0, 0.1) is 11.6 Å². The highest BCUT2D eigenvalue weighted by molar-refractivity contribution is 9.10. The summed E-state index contributed by atoms with van der Waals surface area (Å²) in [5, 5.41) is 3.33. The van der Waals surface area contributed by atoms with Gasteiger partial charge in [0.1, 0.15) is 11.6 Å². The number of piperidine rings is 1. The molecule has 2 unspecified atom stereocenters. The normalized spacial score (nSPS) is 22.2. The largest absolute Gasteiger partial charge is 0.316 e. The summed E-state index contributed by atoms with van der Waals surface area (Å²) in [6, 6.07) is 12.1. The van der Waals surface area contributed by atoms with Gasteiger partial charge in [0.25, 0.3) is 0 Å². The van der Waals surface area contributed by atoms with Gasteiger partial charge in [0.2, 0.25) is 0 Å². The molecule has 1 heterocycles. The van der Waals surface area contributed by atoms with Gasteiger partial charge in [-0.15, -0.1) is 0 Å². The van der Waals surface area contributed by atoms with Crippen LogP contribution in [0.4, 0.5) is 8.78 Å². The van der Waals surface area contributed by atoms with Crippen molar-refractivity contribution in [3.63, 3.8) is 0 Å². The third-order valence-corrected chi connectivity index (χ3v) is 4.68. The number of rotatable bonds is 2. The van der Waals surface area contributed by atoms with Gasteiger partial charge >= 0.3 is 0 Å². The summed E-state index contributed by atoms with van der Waals surface area (Å²) in [6.07, 6.45) is 0.735. The van der Waals surface area contributed by atoms with Gasteiger partial charge in [-0.3, -0.25) is 0 Å². The second kappa shape index (κ2) is 6.24. The van der Waals surface area contributed by atoms with Gasteiger partial charge in [-0.1, -0.05) is 34.1 Å². The molecule has 21 heavy (non-hydrogen) atoms. The minimum absolute atomic E-state index is 0.0817. The first-order valence-corrected chi connectivity index (χ1v) is 7.86. The zero-order valence-corrected chi connectivity index (χ0v) is 13.0. The van der Waals surface area contributed by atoms with Crippen molar-refractivity contribution in [3.8, 4) is 0 Å². The highest BCUT2D eigenvalue weighted by atomic mass is 79.9. The van der Waals surface area contributed by atoms with E-state index in [1.54, 1.807) is 0 Å². The first-order valence-electron chi connectivity index (χ1n) is 7.07. The number of hydrogen-bond donors (Lipinski definition) is 1. The minimum atomic E-state index is -0.441. The fourth-order valence-corrected chi connectivity index (χ4v) is 3.39. The fourth-order valence-electron chi connectivity index (χ4n) is 3.13. The molecule has 1 N–H and O–H groups in total. The van der Waals surface area contributed by atoms with E-state index in [9.17, 15) is 8.78 Å². The van der Waals surface area contributed by atoms with Crippen LogP contribution in [-0.4, -0.2) is 13.1 Å². The molecule has 4 heteroatoms. The van der Waals surface area contributed by atoms with Gasteiger partial charge in [-0.05, 0) is 48.7 Å². The van der Waals surface area contributed by atoms with E-state index in [2.05, 4.69) is 21.2 Å². The number of nitrogens with one attached hydrogen (secondary N) is 1. The second-order valence-corrected chi connectivity index (χ2v) is 6.31. The van der Waals surface area contributed by atoms with Gasteiger partial charge in [0.05, 0.1) is 0 Å². The molecule has 2 aromatic rings. The molecule has 3 rings (SSSR count). The van der Waals surface area contributed by atoms with Crippen molar-refractivity contribution in [1.29, 1.82) is 0 Å². The van der Waals surface area contributed by atoms with Crippen LogP contribution in [0.3, 0.4) is 0 Å². The summed E-state index contributed by atoms with van der Waals surface area (Å²) in [5.74, 6) is -0.931. The van der Waals surface area contributed by atoms with E-state index in [0.717, 1.165) is 29.5 Å². The molecule has 110 valence electrons. The Morgan fingerprint density at radius 1 is 0.952 bits per heavy atom. The molecular weight excluding hydrogens is 336 g/mol. The number of hydrogen-bond acceptors (Lipinski definition) is 1. The molecule has 1 aliphatic heterocycles. The average molecular weight is 352 g/mol. The molecule has 1 saturated heterocycles. The van der Waals surface area contributed by atoms with Gasteiger partial charge in [-0.2, -0.15) is 0 Å². The predicted molar refractivity (Wildman–Crippen MR) is 83.5 cm³/mol. The summed E-state index contributed by atoms with van der Waals surface area (Å²) in [5.41, 5.74) is 1.34. The maximum Gasteiger partial charge on any atom is 0.129 e. The zero-order chi connectivity index (χ0) is 14.8. The Hall–Kier alpha value is -1.26. The average Bonchev–Trinajstić information content (AvgIpc) is 2.48. The van der Waals surface area contributed by atoms with Gasteiger partial charge < -0.3 is 5.32 Å². The lowest BCUT2D eigenvalue weighted by atomic mass is 9.77. The molecule has 1 aliphatic rings. The van der Waals surface area contributed by atoms with Crippen LogP contribution < -0.4 is 5.32 Å². The number of halogens is 3. The van der Waals surface area contributed by atoms with Crippen molar-refractivity contribution in [2.24, 2.45) is 0 Å². The Balaban J connectivity index is 2.00. The van der Waals surface area contributed by atoms with Crippen molar-refractivity contribution < 1.29 is 8.78 Å². The Kier molecular flexibility index (Phi) is 4.36. The fraction of sp³-hybridized carbons (Fsp3) is 0.294. The van der Waals surface area contributed by atoms with Crippen molar-refractivity contribution in [2.75, 3.05) is 13.1 Å². The summed E-state index contributed by atoms with van der Waals surface area (Å²) in [7, 11) is 0. The molecule has 1 fully saturated rings. The molecule has 2 aromatic carbocycles. The van der Waals surface area contributed by atoms with Crippen molar-refractivity contribution in [1.82, 2.24) is 5.32 Å². The highest BCUT2D eigenvalue weighted by Gasteiger charge is 2.31. The second-order valence-electron chi connectivity index (χ2n) is 5.39. The molecule has 0 aliphatic carbocycles. The lowest BCUT2D eigenvalue weighted by molar-refractivity contribution is 0.380. The number of benzene rings is 2. The maximum absolute atomic E-state index is 14.1. The van der Waals surface area contributed by atoms with E-state index in [-0.39, 0.29) is 17.4 Å². The smallest absolute Gasteiger partial charge is 0.129 e. The van der Waals surface area contributed by atoms with E-state index in [4.69, 9.17) is 0 Å². The third-order valence-electron chi connectivity index (χ3n) is 4.15. The SMILES string of the molecule is Fc1cccc(F)c1C1CCNCC1c1ccc(Br)cc1. The predicted octanol–water partition coefficient (Wildman–Crippen LogP) is 4.59. The zero-order valence-electron chi connectivity index (χ0n) is 11.5. The van der Waals surface area contributed by atoms with Crippen molar-refractivity contribution in [2.45, 2.75) is 18.3 Å². The van der Waals surface area contributed by atoms with Gasteiger partial charge in [-0.25, -0.2) is 8.78 Å². The van der Waals surface area contributed by atoms with Crippen LogP contribution in [-0.2, 0) is 0 Å². The van der Waals surface area contributed by atoms with Crippen LogP contribution in [0.15, 0.2) is 46.9 Å². The van der Waals surface area contributed by atoms with Gasteiger partial charge in [0.15, 0.2) is 0 Å². The van der Waals surface area contributed by atoms with E-state index in [1.165, 1.54) is 18.2 Å². The first-order chi connectivity index (χ1) is 10.2. The van der Waals surface area contributed by atoms with E-state index in [1.807, 2.05) is 24.3 Å². The third kappa shape index (κ3) is 3.01. The maximum atomic E-state index is 14.1. The topological polar surface area (TPSA) is 12.0 Å². The summed E-state index contributed by atoms with van der Waals surface area (Å²) < 4.78 is 29.2. The monoisotopic (exact) mass is 351 g/mol. The van der Waals surface area contributed by atoms with E-state index < -0.39 is 11.6 Å². The Bertz CT molecular complexity index is 607. The minimum Gasteiger partial charge on any atom is -0.316 e. The molecule has 0 radical (unpaired) electrons. The molecule has 0 saturated carbocycles. The summed E-state index contributed by atoms with van der Waals surface area (Å²) in [4.78, 5) is 0. The summed E-state index contributed by atoms with van der Waals surface area (Å²) in [6.45, 7) is 1.52. The van der Waals surface area contributed by atoms with Crippen LogP contribution >= 0.6 is 15.9 Å². The molecule has 1 nitrogen and oxygen atoms in total. The standard InChI is InChI=1S/C17H16BrF2N/c18-12-6-4-11(5-7-12)14-10-21-9-8-13(14)17-15(19)2-1-3-16(17)20/h1-7,13-14,21H,8-10H2. The Morgan fingerprint density at radius 3 is 2.29 bits per heavy atom. The van der Waals surface area contributed by atoms with Crippen molar-refractivity contribution >= 4 is 15.9 Å². The van der Waals surface area contributed by atoms with Crippen molar-refractivity contribution in [3.05, 3.63) is 69.7 Å². The molecule has 0 aromatic heterocycles. The van der Waals surface area contributed by atoms with Gasteiger partial charge in [0, 0.05) is 22.5 Å². The Morgan fingerprint density at radius 2 is 1.62 bits per heavy atom. The molecular formula is C17H16BrF2N. The Labute approximate surface area is 131 Å².